The van der Waals surface area contributed by atoms with Crippen LogP contribution in [0.1, 0.15) is 50.3 Å². The predicted octanol–water partition coefficient (Wildman–Crippen LogP) is 5.39. The van der Waals surface area contributed by atoms with Gasteiger partial charge in [0.1, 0.15) is 5.82 Å². The van der Waals surface area contributed by atoms with Gasteiger partial charge in [-0.15, -0.1) is 0 Å². The van der Waals surface area contributed by atoms with Crippen LogP contribution in [-0.2, 0) is 6.42 Å². The van der Waals surface area contributed by atoms with Crippen LogP contribution in [0.5, 0.6) is 0 Å². The Kier molecular flexibility index (Phi) is 6.04. The maximum Gasteiger partial charge on any atom is 0.229 e. The van der Waals surface area contributed by atoms with E-state index in [1.165, 1.54) is 31.2 Å². The van der Waals surface area contributed by atoms with Crippen LogP contribution >= 0.6 is 0 Å². The Hall–Kier alpha value is -2.36. The number of nitrogens with one attached hydrogen (secondary N) is 2. The van der Waals surface area contributed by atoms with Gasteiger partial charge in [-0.1, -0.05) is 30.7 Å². The maximum atomic E-state index is 4.60. The van der Waals surface area contributed by atoms with Crippen molar-refractivity contribution in [3.8, 4) is 0 Å². The number of aromatic nitrogens is 2. The molecule has 1 aliphatic carbocycles. The molecule has 0 bridgehead atoms. The molecule has 0 atom stereocenters. The molecule has 1 aromatic carbocycles. The van der Waals surface area contributed by atoms with Crippen molar-refractivity contribution >= 4 is 17.5 Å². The van der Waals surface area contributed by atoms with Crippen LogP contribution in [0.15, 0.2) is 42.0 Å². The average molecular weight is 336 g/mol. The summed E-state index contributed by atoms with van der Waals surface area (Å²) in [4.78, 5) is 9.10. The highest BCUT2D eigenvalue weighted by Crippen LogP contribution is 2.21. The molecule has 4 nitrogen and oxygen atoms in total. The summed E-state index contributed by atoms with van der Waals surface area (Å²) >= 11 is 0. The highest BCUT2D eigenvalue weighted by atomic mass is 15.1. The van der Waals surface area contributed by atoms with E-state index in [1.54, 1.807) is 5.57 Å². The second-order valence-electron chi connectivity index (χ2n) is 6.68. The first-order chi connectivity index (χ1) is 12.2. The fraction of sp³-hybridized carbons (Fsp3) is 0.429. The molecular formula is C21H28N4. The van der Waals surface area contributed by atoms with Gasteiger partial charge < -0.3 is 10.6 Å². The van der Waals surface area contributed by atoms with E-state index in [9.17, 15) is 0 Å². The lowest BCUT2D eigenvalue weighted by Gasteiger charge is -2.14. The number of aryl methyl sites for hydroxylation is 2. The van der Waals surface area contributed by atoms with E-state index >= 15 is 0 Å². The molecule has 2 N–H and O–H groups in total. The molecule has 1 heterocycles. The molecular weight excluding hydrogens is 308 g/mol. The normalized spacial score (nSPS) is 14.1. The number of hydrogen-bond acceptors (Lipinski definition) is 4. The maximum absolute atomic E-state index is 4.60. The number of anilines is 3. The molecule has 25 heavy (non-hydrogen) atoms. The van der Waals surface area contributed by atoms with Crippen molar-refractivity contribution in [3.05, 3.63) is 53.2 Å². The molecule has 0 saturated carbocycles. The predicted molar refractivity (Wildman–Crippen MR) is 106 cm³/mol. The van der Waals surface area contributed by atoms with Gasteiger partial charge in [-0.25, -0.2) is 4.98 Å². The summed E-state index contributed by atoms with van der Waals surface area (Å²) in [6.45, 7) is 5.09. The van der Waals surface area contributed by atoms with Crippen LogP contribution in [0.25, 0.3) is 0 Å². The summed E-state index contributed by atoms with van der Waals surface area (Å²) < 4.78 is 0. The number of benzene rings is 1. The molecule has 0 fully saturated rings. The molecule has 1 aliphatic rings. The third-order valence-corrected chi connectivity index (χ3v) is 4.61. The second kappa shape index (κ2) is 8.65. The van der Waals surface area contributed by atoms with E-state index in [1.807, 2.05) is 13.0 Å². The minimum Gasteiger partial charge on any atom is -0.370 e. The standard InChI is InChI=1S/C21H28N4/c1-3-17-9-11-19(12-10-17)24-21-23-16(2)15-20(25-21)22-14-13-18-7-5-4-6-8-18/h7,9-12,15H,3-6,8,13-14H2,1-2H3,(H2,22,23,24,25). The van der Waals surface area contributed by atoms with E-state index < -0.39 is 0 Å². The first-order valence-corrected chi connectivity index (χ1v) is 9.36. The monoisotopic (exact) mass is 336 g/mol. The minimum absolute atomic E-state index is 0.642. The molecule has 1 aromatic heterocycles. The van der Waals surface area contributed by atoms with Crippen LogP contribution in [0.3, 0.4) is 0 Å². The van der Waals surface area contributed by atoms with Crippen molar-refractivity contribution in [1.29, 1.82) is 0 Å². The molecule has 4 heteroatoms. The topological polar surface area (TPSA) is 49.8 Å². The summed E-state index contributed by atoms with van der Waals surface area (Å²) in [6.07, 6.45) is 9.73. The Morgan fingerprint density at radius 1 is 1.08 bits per heavy atom. The first-order valence-electron chi connectivity index (χ1n) is 9.36. The molecule has 2 aromatic rings. The fourth-order valence-corrected chi connectivity index (χ4v) is 3.15. The smallest absolute Gasteiger partial charge is 0.229 e. The first kappa shape index (κ1) is 17.5. The zero-order valence-electron chi connectivity index (χ0n) is 15.3. The van der Waals surface area contributed by atoms with Gasteiger partial charge in [-0.05, 0) is 63.1 Å². The zero-order valence-corrected chi connectivity index (χ0v) is 15.3. The Morgan fingerprint density at radius 2 is 1.92 bits per heavy atom. The SMILES string of the molecule is CCc1ccc(Nc2nc(C)cc(NCCC3=CCCCC3)n2)cc1. The van der Waals surface area contributed by atoms with E-state index in [4.69, 9.17) is 0 Å². The van der Waals surface area contributed by atoms with Gasteiger partial charge in [0.05, 0.1) is 0 Å². The Labute approximate surface area is 150 Å². The number of rotatable bonds is 7. The second-order valence-corrected chi connectivity index (χ2v) is 6.68. The van der Waals surface area contributed by atoms with E-state index in [2.05, 4.69) is 57.9 Å². The summed E-state index contributed by atoms with van der Waals surface area (Å²) in [5, 5.41) is 6.75. The Morgan fingerprint density at radius 3 is 2.64 bits per heavy atom. The Balaban J connectivity index is 1.60. The van der Waals surface area contributed by atoms with Gasteiger partial charge in [0.15, 0.2) is 0 Å². The third kappa shape index (κ3) is 5.31. The zero-order chi connectivity index (χ0) is 17.5. The Bertz CT molecular complexity index is 719. The molecule has 0 aliphatic heterocycles. The van der Waals surface area contributed by atoms with E-state index in [-0.39, 0.29) is 0 Å². The van der Waals surface area contributed by atoms with Crippen molar-refractivity contribution in [1.82, 2.24) is 9.97 Å². The molecule has 0 radical (unpaired) electrons. The summed E-state index contributed by atoms with van der Waals surface area (Å²) in [5.41, 5.74) is 4.89. The van der Waals surface area contributed by atoms with Crippen LogP contribution < -0.4 is 10.6 Å². The van der Waals surface area contributed by atoms with Gasteiger partial charge in [0.25, 0.3) is 0 Å². The summed E-state index contributed by atoms with van der Waals surface area (Å²) in [5.74, 6) is 1.53. The van der Waals surface area contributed by atoms with Gasteiger partial charge in [0, 0.05) is 24.0 Å². The third-order valence-electron chi connectivity index (χ3n) is 4.61. The highest BCUT2D eigenvalue weighted by Gasteiger charge is 2.05. The number of hydrogen-bond donors (Lipinski definition) is 2. The molecule has 132 valence electrons. The van der Waals surface area contributed by atoms with Gasteiger partial charge in [0.2, 0.25) is 5.95 Å². The fourth-order valence-electron chi connectivity index (χ4n) is 3.15. The lowest BCUT2D eigenvalue weighted by molar-refractivity contribution is 0.679. The lowest BCUT2D eigenvalue weighted by atomic mass is 9.97. The van der Waals surface area contributed by atoms with Gasteiger partial charge in [-0.2, -0.15) is 4.98 Å². The van der Waals surface area contributed by atoms with Gasteiger partial charge in [-0.3, -0.25) is 0 Å². The lowest BCUT2D eigenvalue weighted by Crippen LogP contribution is -2.08. The van der Waals surface area contributed by atoms with Gasteiger partial charge >= 0.3 is 0 Å². The summed E-state index contributed by atoms with van der Waals surface area (Å²) in [6, 6.07) is 10.4. The highest BCUT2D eigenvalue weighted by molar-refractivity contribution is 5.55. The summed E-state index contributed by atoms with van der Waals surface area (Å²) in [7, 11) is 0. The molecule has 0 amide bonds. The molecule has 0 saturated heterocycles. The quantitative estimate of drug-likeness (QED) is 0.665. The van der Waals surface area contributed by atoms with Crippen molar-refractivity contribution in [2.75, 3.05) is 17.2 Å². The average Bonchev–Trinajstić information content (AvgIpc) is 2.63. The van der Waals surface area contributed by atoms with Crippen LogP contribution in [0.4, 0.5) is 17.5 Å². The van der Waals surface area contributed by atoms with Crippen LogP contribution in [-0.4, -0.2) is 16.5 Å². The minimum atomic E-state index is 0.642. The molecule has 0 unspecified atom stereocenters. The van der Waals surface area contributed by atoms with Crippen molar-refractivity contribution < 1.29 is 0 Å². The van der Waals surface area contributed by atoms with E-state index in [0.29, 0.717) is 5.95 Å². The largest absolute Gasteiger partial charge is 0.370 e. The van der Waals surface area contributed by atoms with Crippen LogP contribution in [0.2, 0.25) is 0 Å². The molecule has 0 spiro atoms. The van der Waals surface area contributed by atoms with E-state index in [0.717, 1.165) is 36.6 Å². The van der Waals surface area contributed by atoms with Crippen LogP contribution in [0, 0.1) is 6.92 Å². The van der Waals surface area contributed by atoms with Crippen molar-refractivity contribution in [3.63, 3.8) is 0 Å². The van der Waals surface area contributed by atoms with Crippen molar-refractivity contribution in [2.24, 2.45) is 0 Å². The number of nitrogens with zero attached hydrogens (tertiary/aromatic N) is 2. The van der Waals surface area contributed by atoms with Crippen molar-refractivity contribution in [2.45, 2.75) is 52.4 Å². The number of allylic oxidation sites excluding steroid dienone is 1. The molecule has 3 rings (SSSR count).